The summed E-state index contributed by atoms with van der Waals surface area (Å²) in [6.45, 7) is 2.70. The molecule has 1 aliphatic carbocycles. The minimum absolute atomic E-state index is 0.0432. The largest absolute Gasteiger partial charge is 0.338 e. The lowest BCUT2D eigenvalue weighted by atomic mass is 10.1. The first kappa shape index (κ1) is 14.1. The van der Waals surface area contributed by atoms with Gasteiger partial charge in [0.25, 0.3) is 0 Å². The first-order valence-corrected chi connectivity index (χ1v) is 8.59. The maximum Gasteiger partial charge on any atom is 0.338 e. The molecule has 3 aromatic rings. The summed E-state index contributed by atoms with van der Waals surface area (Å²) >= 11 is 2.09. The highest BCUT2D eigenvalue weighted by Gasteiger charge is 2.14. The summed E-state index contributed by atoms with van der Waals surface area (Å²) in [5.74, 6) is 0. The number of fused-ring (bicyclic) bond motifs is 2. The molecule has 3 nitrogen and oxygen atoms in total. The summed E-state index contributed by atoms with van der Waals surface area (Å²) in [5.41, 5.74) is 7.37. The normalized spacial score (nSPS) is 13.7. The summed E-state index contributed by atoms with van der Waals surface area (Å²) in [6.07, 6.45) is 3.62. The molecule has 22 heavy (non-hydrogen) atoms. The molecular formula is C18H17IN2O. The van der Waals surface area contributed by atoms with Crippen LogP contribution in [0, 0.1) is 6.92 Å². The van der Waals surface area contributed by atoms with Crippen molar-refractivity contribution < 1.29 is 0 Å². The van der Waals surface area contributed by atoms with E-state index < -0.39 is 0 Å². The van der Waals surface area contributed by atoms with E-state index in [1.54, 1.807) is 2.78 Å². The summed E-state index contributed by atoms with van der Waals surface area (Å²) < 4.78 is 3.59. The van der Waals surface area contributed by atoms with Crippen LogP contribution in [-0.4, -0.2) is 7.35 Å². The number of imidazole rings is 1. The molecule has 0 amide bonds. The summed E-state index contributed by atoms with van der Waals surface area (Å²) in [4.78, 5) is 12.6. The Morgan fingerprint density at radius 1 is 1.05 bits per heavy atom. The Morgan fingerprint density at radius 3 is 2.73 bits per heavy atom. The molecule has 1 aliphatic rings. The van der Waals surface area contributed by atoms with Crippen molar-refractivity contribution in [3.05, 3.63) is 69.1 Å². The van der Waals surface area contributed by atoms with E-state index >= 15 is 0 Å². The number of rotatable bonds is 2. The smallest absolute Gasteiger partial charge is 0.287 e. The van der Waals surface area contributed by atoms with Crippen LogP contribution in [0.15, 0.2) is 41.2 Å². The molecule has 0 saturated heterocycles. The van der Waals surface area contributed by atoms with E-state index in [2.05, 4.69) is 60.1 Å². The number of hydrogen-bond acceptors (Lipinski definition) is 1. The number of hydrogen-bond donors (Lipinski definition) is 0. The molecule has 2 aromatic carbocycles. The van der Waals surface area contributed by atoms with Crippen LogP contribution in [0.2, 0.25) is 0 Å². The predicted molar refractivity (Wildman–Crippen MR) is 97.9 cm³/mol. The van der Waals surface area contributed by atoms with Gasteiger partial charge in [-0.3, -0.25) is 4.57 Å². The van der Waals surface area contributed by atoms with Crippen LogP contribution in [0.1, 0.15) is 28.7 Å². The highest BCUT2D eigenvalue weighted by molar-refractivity contribution is 14.1. The summed E-state index contributed by atoms with van der Waals surface area (Å²) in [5, 5.41) is 0. The van der Waals surface area contributed by atoms with Crippen LogP contribution in [0.25, 0.3) is 11.0 Å². The van der Waals surface area contributed by atoms with Gasteiger partial charge >= 0.3 is 5.69 Å². The average molecular weight is 404 g/mol. The van der Waals surface area contributed by atoms with Crippen molar-refractivity contribution in [2.45, 2.75) is 32.7 Å². The van der Waals surface area contributed by atoms with E-state index in [4.69, 9.17) is 0 Å². The highest BCUT2D eigenvalue weighted by atomic mass is 127. The van der Waals surface area contributed by atoms with Gasteiger partial charge in [-0.25, -0.2) is 7.58 Å². The third-order valence-corrected chi connectivity index (χ3v) is 5.47. The van der Waals surface area contributed by atoms with Crippen LogP contribution in [0.4, 0.5) is 0 Å². The van der Waals surface area contributed by atoms with E-state index in [0.717, 1.165) is 11.0 Å². The summed E-state index contributed by atoms with van der Waals surface area (Å²) in [7, 11) is 0. The summed E-state index contributed by atoms with van der Waals surface area (Å²) in [6, 6.07) is 12.9. The second-order valence-corrected chi connectivity index (χ2v) is 7.06. The quantitative estimate of drug-likeness (QED) is 0.597. The van der Waals surface area contributed by atoms with Crippen molar-refractivity contribution in [2.75, 3.05) is 0 Å². The molecule has 0 aliphatic heterocycles. The van der Waals surface area contributed by atoms with Gasteiger partial charge in [0.2, 0.25) is 0 Å². The van der Waals surface area contributed by atoms with Crippen LogP contribution < -0.4 is 5.69 Å². The molecule has 1 aromatic heterocycles. The molecule has 4 rings (SSSR count). The van der Waals surface area contributed by atoms with Gasteiger partial charge in [-0.2, -0.15) is 0 Å². The first-order chi connectivity index (χ1) is 10.6. The Morgan fingerprint density at radius 2 is 1.86 bits per heavy atom. The van der Waals surface area contributed by atoms with Crippen LogP contribution in [0.5, 0.6) is 0 Å². The van der Waals surface area contributed by atoms with Gasteiger partial charge in [-0.15, -0.1) is 0 Å². The zero-order valence-corrected chi connectivity index (χ0v) is 14.6. The number of benzene rings is 2. The zero-order valence-electron chi connectivity index (χ0n) is 12.5. The Kier molecular flexibility index (Phi) is 3.36. The predicted octanol–water partition coefficient (Wildman–Crippen LogP) is 3.85. The maximum atomic E-state index is 12.6. The minimum Gasteiger partial charge on any atom is -0.287 e. The van der Waals surface area contributed by atoms with E-state index in [1.807, 2.05) is 10.6 Å². The van der Waals surface area contributed by atoms with Gasteiger partial charge in [0.1, 0.15) is 0 Å². The lowest BCUT2D eigenvalue weighted by Crippen LogP contribution is -2.20. The van der Waals surface area contributed by atoms with Crippen LogP contribution in [0.3, 0.4) is 0 Å². The fraction of sp³-hybridized carbons (Fsp3) is 0.278. The third kappa shape index (κ3) is 2.20. The average Bonchev–Trinajstić information content (AvgIpc) is 3.06. The molecule has 0 fully saturated rings. The van der Waals surface area contributed by atoms with Crippen molar-refractivity contribution in [2.24, 2.45) is 0 Å². The molecule has 0 spiro atoms. The maximum absolute atomic E-state index is 12.6. The second kappa shape index (κ2) is 5.26. The van der Waals surface area contributed by atoms with Gasteiger partial charge in [-0.05, 0) is 60.6 Å². The van der Waals surface area contributed by atoms with Gasteiger partial charge in [0.05, 0.1) is 40.4 Å². The van der Waals surface area contributed by atoms with Gasteiger partial charge < -0.3 is 0 Å². The van der Waals surface area contributed by atoms with Crippen molar-refractivity contribution in [3.8, 4) is 0 Å². The van der Waals surface area contributed by atoms with Crippen molar-refractivity contribution in [3.63, 3.8) is 0 Å². The van der Waals surface area contributed by atoms with E-state index in [0.29, 0.717) is 6.54 Å². The molecule has 112 valence electrons. The molecule has 0 radical (unpaired) electrons. The van der Waals surface area contributed by atoms with Crippen LogP contribution in [-0.2, 0) is 19.4 Å². The molecule has 0 saturated carbocycles. The Balaban J connectivity index is 1.83. The number of nitrogens with zero attached hydrogens (tertiary/aromatic N) is 2. The molecule has 0 unspecified atom stereocenters. The fourth-order valence-electron chi connectivity index (χ4n) is 3.39. The van der Waals surface area contributed by atoms with Crippen molar-refractivity contribution in [1.29, 1.82) is 0 Å². The van der Waals surface area contributed by atoms with Crippen molar-refractivity contribution in [1.82, 2.24) is 7.35 Å². The first-order valence-electron chi connectivity index (χ1n) is 7.62. The lowest BCUT2D eigenvalue weighted by Gasteiger charge is -2.07. The van der Waals surface area contributed by atoms with E-state index in [1.165, 1.54) is 41.5 Å². The Labute approximate surface area is 143 Å². The van der Waals surface area contributed by atoms with Gasteiger partial charge in [0, 0.05) is 0 Å². The van der Waals surface area contributed by atoms with Gasteiger partial charge in [0.15, 0.2) is 0 Å². The fourth-order valence-corrected chi connectivity index (χ4v) is 4.06. The molecule has 0 atom stereocenters. The standard InChI is InChI=1S/C18H17IN2O/c1-12-5-8-16-17(9-12)20(18(22)21(16)19)11-13-6-7-14-3-2-4-15(14)10-13/h5-10H,2-4,11H2,1H3. The molecule has 0 bridgehead atoms. The number of halogens is 1. The second-order valence-electron chi connectivity index (χ2n) is 6.10. The van der Waals surface area contributed by atoms with E-state index in [-0.39, 0.29) is 5.69 Å². The van der Waals surface area contributed by atoms with E-state index in [9.17, 15) is 4.79 Å². The van der Waals surface area contributed by atoms with Crippen LogP contribution >= 0.6 is 22.9 Å². The Bertz CT molecular complexity index is 936. The van der Waals surface area contributed by atoms with Crippen molar-refractivity contribution >= 4 is 33.9 Å². The minimum atomic E-state index is 0.0432. The van der Waals surface area contributed by atoms with Gasteiger partial charge in [-0.1, -0.05) is 24.3 Å². The molecule has 4 heteroatoms. The number of aromatic nitrogens is 2. The third-order valence-electron chi connectivity index (χ3n) is 4.54. The lowest BCUT2D eigenvalue weighted by molar-refractivity contribution is 0.782. The monoisotopic (exact) mass is 404 g/mol. The molecule has 0 N–H and O–H groups in total. The number of aryl methyl sites for hydroxylation is 3. The zero-order chi connectivity index (χ0) is 15.3. The Hall–Kier alpha value is -1.56. The highest BCUT2D eigenvalue weighted by Crippen LogP contribution is 2.24. The topological polar surface area (TPSA) is 26.9 Å². The SMILES string of the molecule is Cc1ccc2c(c1)n(Cc1ccc3c(c1)CCC3)c(=O)n2I. The molecular weight excluding hydrogens is 387 g/mol. The molecule has 1 heterocycles.